The highest BCUT2D eigenvalue weighted by Crippen LogP contribution is 2.56. The Morgan fingerprint density at radius 3 is 1.56 bits per heavy atom. The number of hydrogen-bond acceptors (Lipinski definition) is 4. The van der Waals surface area contributed by atoms with Crippen LogP contribution in [0, 0.1) is 6.92 Å². The number of nitrogens with zero attached hydrogens (tertiary/aromatic N) is 1. The Labute approximate surface area is 320 Å². The maximum Gasteiger partial charge on any atom is 0.131 e. The van der Waals surface area contributed by atoms with Gasteiger partial charge in [-0.05, 0) is 104 Å². The van der Waals surface area contributed by atoms with Gasteiger partial charge in [-0.25, -0.2) is 0 Å². The maximum absolute atomic E-state index is 6.56. The number of pyridine rings is 1. The summed E-state index contributed by atoms with van der Waals surface area (Å²) < 4.78 is 15.8. The number of thiophene rings is 1. The van der Waals surface area contributed by atoms with Gasteiger partial charge in [-0.3, -0.25) is 4.98 Å². The van der Waals surface area contributed by atoms with Crippen LogP contribution in [-0.2, 0) is 17.3 Å². The van der Waals surface area contributed by atoms with Gasteiger partial charge in [0.05, 0.1) is 0 Å². The van der Waals surface area contributed by atoms with Crippen LogP contribution in [0.3, 0.4) is 0 Å². The average Bonchev–Trinajstić information content (AvgIpc) is 3.59. The second kappa shape index (κ2) is 12.4. The van der Waals surface area contributed by atoms with Gasteiger partial charge in [0.15, 0.2) is 0 Å². The molecule has 2 aliphatic rings. The number of aryl methyl sites for hydroxylation is 2. The van der Waals surface area contributed by atoms with Crippen LogP contribution in [0.2, 0.25) is 0 Å². The Kier molecular flexibility index (Phi) is 7.57. The molecule has 4 heteroatoms. The topological polar surface area (TPSA) is 31.4 Å². The second-order valence-electron chi connectivity index (χ2n) is 15.2. The molecule has 0 N–H and O–H groups in total. The van der Waals surface area contributed by atoms with Crippen molar-refractivity contribution in [2.45, 2.75) is 57.8 Å². The number of fused-ring (bicyclic) bond motifs is 7. The van der Waals surface area contributed by atoms with E-state index in [1.807, 2.05) is 23.7 Å². The smallest absolute Gasteiger partial charge is 0.131 e. The van der Waals surface area contributed by atoms with Crippen molar-refractivity contribution in [1.82, 2.24) is 4.98 Å². The summed E-state index contributed by atoms with van der Waals surface area (Å²) in [7, 11) is 0. The summed E-state index contributed by atoms with van der Waals surface area (Å²) >= 11 is 1.94. The Hall–Kier alpha value is -5.71. The van der Waals surface area contributed by atoms with Crippen LogP contribution < -0.4 is 9.47 Å². The lowest BCUT2D eigenvalue weighted by atomic mass is 9.68. The number of ether oxygens (including phenoxy) is 2. The monoisotopic (exact) mass is 719 g/mol. The van der Waals surface area contributed by atoms with Crippen molar-refractivity contribution >= 4 is 31.5 Å². The van der Waals surface area contributed by atoms with Crippen LogP contribution in [0.1, 0.15) is 78.1 Å². The van der Waals surface area contributed by atoms with E-state index >= 15 is 0 Å². The normalized spacial score (nSPS) is 14.7. The van der Waals surface area contributed by atoms with E-state index in [1.165, 1.54) is 75.8 Å². The zero-order valence-corrected chi connectivity index (χ0v) is 31.9. The molecule has 2 aliphatic heterocycles. The lowest BCUT2D eigenvalue weighted by Gasteiger charge is -2.38. The molecular weight excluding hydrogens is 679 g/mol. The highest BCUT2D eigenvalue weighted by Gasteiger charge is 2.42. The molecule has 0 unspecified atom stereocenters. The highest BCUT2D eigenvalue weighted by atomic mass is 32.1. The first-order chi connectivity index (χ1) is 26.4. The van der Waals surface area contributed by atoms with Crippen LogP contribution in [0.15, 0.2) is 140 Å². The SMILES string of the molecule is CCCCc1cc(C2(C)c3ccccc3Oc3ccccc32)cc2c1sc1c(-c3cnccc3C)cc(C3(C)c4ccccc4Oc4ccccc43)cc12. The molecule has 0 radical (unpaired) electrons. The average molecular weight is 720 g/mol. The zero-order chi connectivity index (χ0) is 36.6. The number of para-hydroxylation sites is 4. The van der Waals surface area contributed by atoms with Gasteiger partial charge < -0.3 is 9.47 Å². The second-order valence-corrected chi connectivity index (χ2v) is 16.3. The van der Waals surface area contributed by atoms with Crippen LogP contribution in [0.25, 0.3) is 31.3 Å². The van der Waals surface area contributed by atoms with Crippen molar-refractivity contribution < 1.29 is 9.47 Å². The van der Waals surface area contributed by atoms with E-state index in [0.29, 0.717) is 0 Å². The number of aromatic nitrogens is 1. The minimum atomic E-state index is -0.466. The van der Waals surface area contributed by atoms with Crippen molar-refractivity contribution in [1.29, 1.82) is 0 Å². The largest absolute Gasteiger partial charge is 0.457 e. The third kappa shape index (κ3) is 4.76. The van der Waals surface area contributed by atoms with Gasteiger partial charge in [-0.15, -0.1) is 11.3 Å². The third-order valence-electron chi connectivity index (χ3n) is 12.2. The van der Waals surface area contributed by atoms with Crippen molar-refractivity contribution in [2.24, 2.45) is 0 Å². The molecule has 4 heterocycles. The molecule has 6 aromatic carbocycles. The summed E-state index contributed by atoms with van der Waals surface area (Å²) in [6.07, 6.45) is 7.24. The minimum absolute atomic E-state index is 0.417. The van der Waals surface area contributed by atoms with Gasteiger partial charge in [-0.2, -0.15) is 0 Å². The fourth-order valence-electron chi connectivity index (χ4n) is 9.15. The Bertz CT molecular complexity index is 2680. The molecule has 0 saturated carbocycles. The molecule has 0 atom stereocenters. The summed E-state index contributed by atoms with van der Waals surface area (Å²) in [6, 6.07) is 46.3. The van der Waals surface area contributed by atoms with E-state index in [4.69, 9.17) is 9.47 Å². The van der Waals surface area contributed by atoms with Gasteiger partial charge in [0.25, 0.3) is 0 Å². The summed E-state index contributed by atoms with van der Waals surface area (Å²) in [5, 5.41) is 2.59. The van der Waals surface area contributed by atoms with Crippen LogP contribution in [0.4, 0.5) is 0 Å². The van der Waals surface area contributed by atoms with Crippen LogP contribution in [-0.4, -0.2) is 4.98 Å². The molecule has 2 aromatic heterocycles. The Morgan fingerprint density at radius 2 is 1.06 bits per heavy atom. The number of hydrogen-bond donors (Lipinski definition) is 0. The minimum Gasteiger partial charge on any atom is -0.457 e. The molecule has 0 saturated heterocycles. The molecule has 8 aromatic rings. The number of benzene rings is 6. The first kappa shape index (κ1) is 32.9. The van der Waals surface area contributed by atoms with E-state index in [-0.39, 0.29) is 0 Å². The maximum atomic E-state index is 6.56. The van der Waals surface area contributed by atoms with E-state index in [0.717, 1.165) is 42.3 Å². The number of rotatable bonds is 6. The molecule has 0 bridgehead atoms. The summed E-state index contributed by atoms with van der Waals surface area (Å²) in [6.45, 7) is 9.25. The molecule has 54 heavy (non-hydrogen) atoms. The predicted octanol–water partition coefficient (Wildman–Crippen LogP) is 13.7. The molecule has 0 amide bonds. The predicted molar refractivity (Wildman–Crippen MR) is 223 cm³/mol. The van der Waals surface area contributed by atoms with Gasteiger partial charge in [0, 0.05) is 76.8 Å². The first-order valence-electron chi connectivity index (χ1n) is 19.1. The van der Waals surface area contributed by atoms with Crippen LogP contribution in [0.5, 0.6) is 23.0 Å². The van der Waals surface area contributed by atoms with Gasteiger partial charge in [0.1, 0.15) is 23.0 Å². The van der Waals surface area contributed by atoms with Crippen LogP contribution >= 0.6 is 11.3 Å². The van der Waals surface area contributed by atoms with Crippen molar-refractivity contribution in [2.75, 3.05) is 0 Å². The summed E-state index contributed by atoms with van der Waals surface area (Å²) in [5.41, 5.74) is 11.4. The standard InChI is InChI=1S/C50H41NO2S/c1-5-6-15-32-26-33(49(3)39-16-7-11-20-43(39)52-44-21-12-8-17-40(44)49)27-35-36-28-34(29-37(48(36)54-47(32)35)38-30-51-25-24-31(38)2)50(4)41-18-9-13-22-45(41)53-46-23-14-10-19-42(46)50/h7-14,16-30H,5-6,15H2,1-4H3. The van der Waals surface area contributed by atoms with Gasteiger partial charge in [0.2, 0.25) is 0 Å². The van der Waals surface area contributed by atoms with Crippen molar-refractivity contribution in [3.8, 4) is 34.1 Å². The zero-order valence-electron chi connectivity index (χ0n) is 31.1. The number of unbranched alkanes of at least 4 members (excludes halogenated alkanes) is 1. The van der Waals surface area contributed by atoms with Crippen molar-refractivity contribution in [3.05, 3.63) is 184 Å². The first-order valence-corrected chi connectivity index (χ1v) is 19.9. The molecule has 10 rings (SSSR count). The van der Waals surface area contributed by atoms with Gasteiger partial charge >= 0.3 is 0 Å². The molecule has 0 aliphatic carbocycles. The third-order valence-corrected chi connectivity index (χ3v) is 13.5. The Balaban J connectivity index is 1.32. The molecular formula is C50H41NO2S. The lowest BCUT2D eigenvalue weighted by molar-refractivity contribution is 0.427. The summed E-state index contributed by atoms with van der Waals surface area (Å²) in [5.74, 6) is 3.65. The Morgan fingerprint density at radius 1 is 0.574 bits per heavy atom. The van der Waals surface area contributed by atoms with E-state index in [9.17, 15) is 0 Å². The summed E-state index contributed by atoms with van der Waals surface area (Å²) in [4.78, 5) is 4.67. The fraction of sp³-hybridized carbons (Fsp3) is 0.180. The molecule has 3 nitrogen and oxygen atoms in total. The van der Waals surface area contributed by atoms with E-state index in [1.54, 1.807) is 0 Å². The van der Waals surface area contributed by atoms with Gasteiger partial charge in [-0.1, -0.05) is 92.2 Å². The molecule has 264 valence electrons. The molecule has 0 spiro atoms. The highest BCUT2D eigenvalue weighted by molar-refractivity contribution is 7.26. The van der Waals surface area contributed by atoms with E-state index in [2.05, 4.69) is 160 Å². The fourth-order valence-corrected chi connectivity index (χ4v) is 10.5. The lowest BCUT2D eigenvalue weighted by Crippen LogP contribution is -2.29. The van der Waals surface area contributed by atoms with E-state index < -0.39 is 10.8 Å². The van der Waals surface area contributed by atoms with Crippen molar-refractivity contribution in [3.63, 3.8) is 0 Å². The quantitative estimate of drug-likeness (QED) is 0.171. The molecule has 0 fully saturated rings.